The van der Waals surface area contributed by atoms with Crippen LogP contribution in [0, 0.1) is 0 Å². The lowest BCUT2D eigenvalue weighted by Crippen LogP contribution is -2.14. The van der Waals surface area contributed by atoms with Crippen LogP contribution in [0.15, 0.2) is 133 Å². The maximum absolute atomic E-state index is 6.66. The van der Waals surface area contributed by atoms with Crippen molar-refractivity contribution in [3.63, 3.8) is 0 Å². The number of benzene rings is 7. The first-order chi connectivity index (χ1) is 20.6. The van der Waals surface area contributed by atoms with Gasteiger partial charge in [-0.3, -0.25) is 0 Å². The van der Waals surface area contributed by atoms with E-state index >= 15 is 0 Å². The summed E-state index contributed by atoms with van der Waals surface area (Å²) < 4.78 is 6.66. The van der Waals surface area contributed by atoms with E-state index in [0.717, 1.165) is 17.1 Å². The zero-order valence-corrected chi connectivity index (χ0v) is 23.6. The Hall–Kier alpha value is -5.14. The van der Waals surface area contributed by atoms with Gasteiger partial charge in [-0.15, -0.1) is 0 Å². The van der Waals surface area contributed by atoms with Gasteiger partial charge in [-0.1, -0.05) is 123 Å². The van der Waals surface area contributed by atoms with Crippen LogP contribution in [-0.2, 0) is 5.41 Å². The molecule has 198 valence electrons. The van der Waals surface area contributed by atoms with Gasteiger partial charge in [0.25, 0.3) is 0 Å². The molecule has 0 unspecified atom stereocenters. The molecule has 1 aliphatic heterocycles. The van der Waals surface area contributed by atoms with Crippen molar-refractivity contribution in [1.82, 2.24) is 0 Å². The van der Waals surface area contributed by atoms with Crippen molar-refractivity contribution in [2.24, 2.45) is 0 Å². The first-order valence-corrected chi connectivity index (χ1v) is 14.7. The molecular formula is C41H28O. The molecule has 42 heavy (non-hydrogen) atoms. The van der Waals surface area contributed by atoms with E-state index in [1.165, 1.54) is 71.6 Å². The van der Waals surface area contributed by atoms with E-state index in [1.807, 2.05) is 0 Å². The molecule has 0 aromatic heterocycles. The van der Waals surface area contributed by atoms with E-state index < -0.39 is 0 Å². The van der Waals surface area contributed by atoms with Crippen LogP contribution in [0.3, 0.4) is 0 Å². The zero-order valence-electron chi connectivity index (χ0n) is 23.6. The fourth-order valence-electron chi connectivity index (χ4n) is 7.40. The molecule has 1 nitrogen and oxygen atoms in total. The monoisotopic (exact) mass is 536 g/mol. The molecule has 1 heterocycles. The third-order valence-electron chi connectivity index (χ3n) is 9.49. The van der Waals surface area contributed by atoms with Crippen molar-refractivity contribution >= 4 is 21.5 Å². The highest BCUT2D eigenvalue weighted by Gasteiger charge is 2.35. The number of ether oxygens (including phenoxy) is 1. The standard InChI is InChI=1S/C41H28O/c1-41(2)36-15-6-5-12-31(36)32-19-17-26(23-37(32)41)30-21-22-35-33-20-18-27(29-13-7-10-25-9-3-4-11-28(25)29)24-39(33)42-38-16-8-14-34(30)40(35)38/h3-24H,1-2H3. The molecule has 0 bridgehead atoms. The van der Waals surface area contributed by atoms with Crippen LogP contribution in [0.4, 0.5) is 0 Å². The largest absolute Gasteiger partial charge is 0.456 e. The average Bonchev–Trinajstić information content (AvgIpc) is 3.26. The maximum atomic E-state index is 6.66. The first kappa shape index (κ1) is 23.6. The van der Waals surface area contributed by atoms with Gasteiger partial charge in [0, 0.05) is 16.4 Å². The molecule has 7 aromatic carbocycles. The molecule has 9 rings (SSSR count). The second kappa shape index (κ2) is 8.44. The molecule has 0 spiro atoms. The van der Waals surface area contributed by atoms with Crippen molar-refractivity contribution in [2.45, 2.75) is 19.3 Å². The van der Waals surface area contributed by atoms with Crippen molar-refractivity contribution in [1.29, 1.82) is 0 Å². The quantitative estimate of drug-likeness (QED) is 0.213. The lowest BCUT2D eigenvalue weighted by atomic mass is 9.81. The average molecular weight is 537 g/mol. The van der Waals surface area contributed by atoms with Crippen LogP contribution in [-0.4, -0.2) is 0 Å². The summed E-state index contributed by atoms with van der Waals surface area (Å²) in [4.78, 5) is 0. The van der Waals surface area contributed by atoms with Gasteiger partial charge in [-0.05, 0) is 90.5 Å². The molecule has 0 saturated carbocycles. The van der Waals surface area contributed by atoms with Crippen LogP contribution in [0.1, 0.15) is 25.0 Å². The Labute approximate surface area is 245 Å². The number of rotatable bonds is 2. The third-order valence-corrected chi connectivity index (χ3v) is 9.49. The SMILES string of the molecule is CC1(C)c2ccccc2-c2ccc(-c3ccc4c5c(cccc35)Oc3cc(-c5cccc6ccccc56)ccc3-4)cc21. The van der Waals surface area contributed by atoms with E-state index in [0.29, 0.717) is 0 Å². The van der Waals surface area contributed by atoms with Crippen molar-refractivity contribution < 1.29 is 4.74 Å². The predicted octanol–water partition coefficient (Wildman–Crippen LogP) is 11.4. The molecule has 7 aromatic rings. The lowest BCUT2D eigenvalue weighted by molar-refractivity contribution is 0.487. The number of fused-ring (bicyclic) bond motifs is 6. The summed E-state index contributed by atoms with van der Waals surface area (Å²) in [6, 6.07) is 48.6. The summed E-state index contributed by atoms with van der Waals surface area (Å²) in [5.74, 6) is 1.83. The fourth-order valence-corrected chi connectivity index (χ4v) is 7.40. The molecule has 1 aliphatic carbocycles. The highest BCUT2D eigenvalue weighted by Crippen LogP contribution is 2.52. The lowest BCUT2D eigenvalue weighted by Gasteiger charge is -2.24. The molecule has 0 N–H and O–H groups in total. The van der Waals surface area contributed by atoms with Crippen LogP contribution in [0.2, 0.25) is 0 Å². The summed E-state index contributed by atoms with van der Waals surface area (Å²) >= 11 is 0. The fraction of sp³-hybridized carbons (Fsp3) is 0.0732. The Kier molecular flexibility index (Phi) is 4.73. The van der Waals surface area contributed by atoms with E-state index in [9.17, 15) is 0 Å². The number of hydrogen-bond donors (Lipinski definition) is 0. The Bertz CT molecular complexity index is 2250. The first-order valence-electron chi connectivity index (χ1n) is 14.7. The van der Waals surface area contributed by atoms with Crippen molar-refractivity contribution in [2.75, 3.05) is 0 Å². The minimum atomic E-state index is -0.0296. The summed E-state index contributed by atoms with van der Waals surface area (Å²) in [6.07, 6.45) is 0. The minimum absolute atomic E-state index is 0.0296. The van der Waals surface area contributed by atoms with Crippen LogP contribution in [0.5, 0.6) is 11.5 Å². The van der Waals surface area contributed by atoms with Gasteiger partial charge in [-0.25, -0.2) is 0 Å². The highest BCUT2D eigenvalue weighted by atomic mass is 16.5. The highest BCUT2D eigenvalue weighted by molar-refractivity contribution is 6.10. The van der Waals surface area contributed by atoms with Gasteiger partial charge < -0.3 is 4.74 Å². The Balaban J connectivity index is 1.19. The van der Waals surface area contributed by atoms with E-state index in [1.54, 1.807) is 0 Å². The minimum Gasteiger partial charge on any atom is -0.456 e. The van der Waals surface area contributed by atoms with E-state index in [-0.39, 0.29) is 5.41 Å². The third kappa shape index (κ3) is 3.19. The number of hydrogen-bond acceptors (Lipinski definition) is 1. The van der Waals surface area contributed by atoms with Crippen molar-refractivity contribution in [3.05, 3.63) is 145 Å². The van der Waals surface area contributed by atoms with E-state index in [2.05, 4.69) is 147 Å². The van der Waals surface area contributed by atoms with Gasteiger partial charge >= 0.3 is 0 Å². The van der Waals surface area contributed by atoms with Crippen LogP contribution < -0.4 is 4.74 Å². The summed E-state index contributed by atoms with van der Waals surface area (Å²) in [6.45, 7) is 4.69. The molecule has 0 saturated heterocycles. The molecular weight excluding hydrogens is 508 g/mol. The zero-order chi connectivity index (χ0) is 28.0. The van der Waals surface area contributed by atoms with Gasteiger partial charge in [0.05, 0.1) is 0 Å². The van der Waals surface area contributed by atoms with Crippen LogP contribution >= 0.6 is 0 Å². The predicted molar refractivity (Wildman–Crippen MR) is 175 cm³/mol. The van der Waals surface area contributed by atoms with Crippen molar-refractivity contribution in [3.8, 4) is 56.0 Å². The molecule has 1 heteroatoms. The second-order valence-electron chi connectivity index (χ2n) is 12.1. The summed E-state index contributed by atoms with van der Waals surface area (Å²) in [5.41, 5.74) is 12.7. The normalized spacial score (nSPS) is 13.9. The topological polar surface area (TPSA) is 9.23 Å². The van der Waals surface area contributed by atoms with Gasteiger partial charge in [0.2, 0.25) is 0 Å². The van der Waals surface area contributed by atoms with Gasteiger partial charge in [-0.2, -0.15) is 0 Å². The Morgan fingerprint density at radius 3 is 1.98 bits per heavy atom. The molecule has 2 aliphatic rings. The summed E-state index contributed by atoms with van der Waals surface area (Å²) in [7, 11) is 0. The van der Waals surface area contributed by atoms with E-state index in [4.69, 9.17) is 4.74 Å². The van der Waals surface area contributed by atoms with Gasteiger partial charge in [0.1, 0.15) is 11.5 Å². The summed E-state index contributed by atoms with van der Waals surface area (Å²) in [5, 5.41) is 4.91. The second-order valence-corrected chi connectivity index (χ2v) is 12.1. The van der Waals surface area contributed by atoms with Crippen LogP contribution in [0.25, 0.3) is 66.1 Å². The Morgan fingerprint density at radius 2 is 1.05 bits per heavy atom. The Morgan fingerprint density at radius 1 is 0.429 bits per heavy atom. The molecule has 0 amide bonds. The molecule has 0 atom stereocenters. The smallest absolute Gasteiger partial charge is 0.135 e. The molecule has 0 fully saturated rings. The maximum Gasteiger partial charge on any atom is 0.135 e. The molecule has 0 radical (unpaired) electrons. The van der Waals surface area contributed by atoms with Gasteiger partial charge in [0.15, 0.2) is 0 Å².